The third-order valence-electron chi connectivity index (χ3n) is 11.6. The molecular formula is C44H90O4. The summed E-state index contributed by atoms with van der Waals surface area (Å²) in [6.07, 6.45) is 42.0. The Kier molecular flexibility index (Phi) is 35.1. The third kappa shape index (κ3) is 24.1. The highest BCUT2D eigenvalue weighted by Crippen LogP contribution is 2.44. The van der Waals surface area contributed by atoms with Crippen molar-refractivity contribution >= 4 is 0 Å². The van der Waals surface area contributed by atoms with Gasteiger partial charge in [-0.15, -0.1) is 0 Å². The zero-order chi connectivity index (χ0) is 35.4. The van der Waals surface area contributed by atoms with Crippen molar-refractivity contribution < 1.29 is 20.4 Å². The Morgan fingerprint density at radius 1 is 0.354 bits per heavy atom. The monoisotopic (exact) mass is 683 g/mol. The highest BCUT2D eigenvalue weighted by atomic mass is 16.3. The second-order valence-corrected chi connectivity index (χ2v) is 15.9. The van der Waals surface area contributed by atoms with Gasteiger partial charge >= 0.3 is 0 Å². The average Bonchev–Trinajstić information content (AvgIpc) is 3.09. The van der Waals surface area contributed by atoms with E-state index in [4.69, 9.17) is 0 Å². The van der Waals surface area contributed by atoms with E-state index in [2.05, 4.69) is 20.8 Å². The van der Waals surface area contributed by atoms with Gasteiger partial charge in [-0.25, -0.2) is 0 Å². The summed E-state index contributed by atoms with van der Waals surface area (Å²) in [5.74, 6) is 0. The number of rotatable bonds is 40. The largest absolute Gasteiger partial charge is 0.395 e. The standard InChI is InChI=1S/C44H90O4/c1-4-7-10-13-16-19-22-25-28-31-34-37-42(47)43(40-45,41-46)44(48,38-35-32-29-26-23-20-17-14-11-8-5-2)39-36-33-30-27-24-21-18-15-12-9-6-3/h42,45-48H,4-41H2,1-3H3. The molecule has 0 fully saturated rings. The van der Waals surface area contributed by atoms with E-state index in [1.165, 1.54) is 173 Å². The van der Waals surface area contributed by atoms with Gasteiger partial charge in [-0.1, -0.05) is 233 Å². The number of hydrogen-bond donors (Lipinski definition) is 4. The highest BCUT2D eigenvalue weighted by Gasteiger charge is 2.53. The fourth-order valence-electron chi connectivity index (χ4n) is 7.93. The molecule has 4 nitrogen and oxygen atoms in total. The van der Waals surface area contributed by atoms with E-state index in [0.29, 0.717) is 19.3 Å². The topological polar surface area (TPSA) is 80.9 Å². The number of unbranched alkanes of at least 4 members (excludes halogenated alkanes) is 30. The predicted molar refractivity (Wildman–Crippen MR) is 211 cm³/mol. The summed E-state index contributed by atoms with van der Waals surface area (Å²) in [6, 6.07) is 0. The Bertz CT molecular complexity index is 593. The van der Waals surface area contributed by atoms with Crippen molar-refractivity contribution in [2.75, 3.05) is 13.2 Å². The minimum atomic E-state index is -1.26. The van der Waals surface area contributed by atoms with Gasteiger partial charge in [0.15, 0.2) is 0 Å². The SMILES string of the molecule is CCCCCCCCCCCCCC(O)C(CO)(CO)C(O)(CCCCCCCCCCCCC)CCCCCCCCCCCCC. The van der Waals surface area contributed by atoms with Crippen LogP contribution in [-0.4, -0.2) is 45.3 Å². The molecule has 0 aliphatic rings. The summed E-state index contributed by atoms with van der Waals surface area (Å²) >= 11 is 0. The Morgan fingerprint density at radius 3 is 0.833 bits per heavy atom. The maximum Gasteiger partial charge on any atom is 0.0772 e. The first kappa shape index (κ1) is 47.8. The van der Waals surface area contributed by atoms with Crippen LogP contribution >= 0.6 is 0 Å². The first-order valence-electron chi connectivity index (χ1n) is 22.1. The number of aliphatic hydroxyl groups is 4. The van der Waals surface area contributed by atoms with Crippen molar-refractivity contribution in [2.24, 2.45) is 5.41 Å². The summed E-state index contributed by atoms with van der Waals surface area (Å²) in [5, 5.41) is 45.3. The van der Waals surface area contributed by atoms with Crippen molar-refractivity contribution in [1.29, 1.82) is 0 Å². The van der Waals surface area contributed by atoms with Crippen molar-refractivity contribution in [3.8, 4) is 0 Å². The molecule has 0 bridgehead atoms. The molecule has 0 rings (SSSR count). The van der Waals surface area contributed by atoms with E-state index in [1.807, 2.05) is 0 Å². The third-order valence-corrected chi connectivity index (χ3v) is 11.6. The van der Waals surface area contributed by atoms with Gasteiger partial charge in [-0.05, 0) is 19.3 Å². The molecule has 4 heteroatoms. The summed E-state index contributed by atoms with van der Waals surface area (Å²) in [7, 11) is 0. The second-order valence-electron chi connectivity index (χ2n) is 15.9. The molecule has 0 aromatic carbocycles. The van der Waals surface area contributed by atoms with Crippen molar-refractivity contribution in [1.82, 2.24) is 0 Å². The first-order valence-corrected chi connectivity index (χ1v) is 22.1. The normalized spacial score (nSPS) is 13.1. The lowest BCUT2D eigenvalue weighted by Crippen LogP contribution is -2.59. The molecule has 0 aromatic rings. The van der Waals surface area contributed by atoms with Gasteiger partial charge in [0.2, 0.25) is 0 Å². The molecule has 0 aromatic heterocycles. The Hall–Kier alpha value is -0.160. The van der Waals surface area contributed by atoms with Crippen LogP contribution in [0.5, 0.6) is 0 Å². The molecule has 1 atom stereocenters. The summed E-state index contributed by atoms with van der Waals surface area (Å²) in [5.41, 5.74) is -2.51. The van der Waals surface area contributed by atoms with Gasteiger partial charge in [-0.2, -0.15) is 0 Å². The smallest absolute Gasteiger partial charge is 0.0772 e. The number of aliphatic hydroxyl groups excluding tert-OH is 3. The molecule has 290 valence electrons. The van der Waals surface area contributed by atoms with Gasteiger partial charge in [0, 0.05) is 0 Å². The molecule has 0 saturated carbocycles. The van der Waals surface area contributed by atoms with Crippen LogP contribution in [0.3, 0.4) is 0 Å². The molecule has 0 amide bonds. The molecule has 0 aliphatic carbocycles. The Balaban J connectivity index is 4.84. The van der Waals surface area contributed by atoms with Crippen molar-refractivity contribution in [3.05, 3.63) is 0 Å². The molecule has 1 unspecified atom stereocenters. The molecular weight excluding hydrogens is 592 g/mol. The van der Waals surface area contributed by atoms with Crippen molar-refractivity contribution in [3.63, 3.8) is 0 Å². The lowest BCUT2D eigenvalue weighted by Gasteiger charge is -2.48. The van der Waals surface area contributed by atoms with Crippen LogP contribution in [0.15, 0.2) is 0 Å². The van der Waals surface area contributed by atoms with E-state index >= 15 is 0 Å². The van der Waals surface area contributed by atoms with E-state index in [0.717, 1.165) is 38.5 Å². The molecule has 0 aliphatic heterocycles. The molecule has 0 saturated heterocycles. The van der Waals surface area contributed by atoms with Crippen LogP contribution in [0.2, 0.25) is 0 Å². The van der Waals surface area contributed by atoms with Crippen molar-refractivity contribution in [2.45, 2.75) is 264 Å². The van der Waals surface area contributed by atoms with Gasteiger partial charge in [0.1, 0.15) is 0 Å². The lowest BCUT2D eigenvalue weighted by molar-refractivity contribution is -0.193. The summed E-state index contributed by atoms with van der Waals surface area (Å²) < 4.78 is 0. The maximum absolute atomic E-state index is 12.3. The summed E-state index contributed by atoms with van der Waals surface area (Å²) in [4.78, 5) is 0. The quantitative estimate of drug-likeness (QED) is 0.0485. The first-order chi connectivity index (χ1) is 23.5. The molecule has 48 heavy (non-hydrogen) atoms. The van der Waals surface area contributed by atoms with Crippen LogP contribution in [0.1, 0.15) is 252 Å². The second kappa shape index (κ2) is 35.3. The summed E-state index contributed by atoms with van der Waals surface area (Å²) in [6.45, 7) is 6.07. The molecule has 4 N–H and O–H groups in total. The predicted octanol–water partition coefficient (Wildman–Crippen LogP) is 13.2. The van der Waals surface area contributed by atoms with Gasteiger partial charge in [0.25, 0.3) is 0 Å². The Morgan fingerprint density at radius 2 is 0.583 bits per heavy atom. The minimum Gasteiger partial charge on any atom is -0.395 e. The van der Waals surface area contributed by atoms with E-state index in [-0.39, 0.29) is 13.2 Å². The maximum atomic E-state index is 12.3. The van der Waals surface area contributed by atoms with Crippen LogP contribution in [-0.2, 0) is 0 Å². The van der Waals surface area contributed by atoms with Gasteiger partial charge in [0.05, 0.1) is 30.3 Å². The van der Waals surface area contributed by atoms with Gasteiger partial charge < -0.3 is 20.4 Å². The van der Waals surface area contributed by atoms with Crippen LogP contribution < -0.4 is 0 Å². The fraction of sp³-hybridized carbons (Fsp3) is 1.00. The van der Waals surface area contributed by atoms with Gasteiger partial charge in [-0.3, -0.25) is 0 Å². The molecule has 0 heterocycles. The van der Waals surface area contributed by atoms with Crippen LogP contribution in [0, 0.1) is 5.41 Å². The zero-order valence-corrected chi connectivity index (χ0v) is 33.2. The van der Waals surface area contributed by atoms with E-state index < -0.39 is 17.1 Å². The average molecular weight is 683 g/mol. The highest BCUT2D eigenvalue weighted by molar-refractivity contribution is 5.02. The zero-order valence-electron chi connectivity index (χ0n) is 33.2. The number of hydrogen-bond acceptors (Lipinski definition) is 4. The lowest BCUT2D eigenvalue weighted by atomic mass is 9.63. The minimum absolute atomic E-state index is 0.366. The molecule has 0 radical (unpaired) electrons. The molecule has 0 spiro atoms. The van der Waals surface area contributed by atoms with Crippen LogP contribution in [0.25, 0.3) is 0 Å². The fourth-order valence-corrected chi connectivity index (χ4v) is 7.93. The van der Waals surface area contributed by atoms with Crippen LogP contribution in [0.4, 0.5) is 0 Å². The van der Waals surface area contributed by atoms with E-state index in [9.17, 15) is 20.4 Å². The Labute approximate surface area is 302 Å². The van der Waals surface area contributed by atoms with E-state index in [1.54, 1.807) is 0 Å².